The molecular weight excluding hydrogens is 428 g/mol. The minimum atomic E-state index is -1.58. The average Bonchev–Trinajstić information content (AvgIpc) is 3.26. The fourth-order valence-electron chi connectivity index (χ4n) is 7.85. The minimum absolute atomic E-state index is 0.0825. The van der Waals surface area contributed by atoms with Crippen LogP contribution < -0.4 is 0 Å². The van der Waals surface area contributed by atoms with E-state index in [-0.39, 0.29) is 31.7 Å². The van der Waals surface area contributed by atoms with Crippen molar-refractivity contribution >= 4 is 5.97 Å². The number of aliphatic hydroxyl groups excluding tert-OH is 4. The third-order valence-electron chi connectivity index (χ3n) is 9.55. The van der Waals surface area contributed by atoms with E-state index in [1.54, 1.807) is 0 Å². The van der Waals surface area contributed by atoms with E-state index in [2.05, 4.69) is 0 Å². The van der Waals surface area contributed by atoms with Crippen molar-refractivity contribution in [3.8, 4) is 0 Å². The van der Waals surface area contributed by atoms with Crippen LogP contribution in [0.3, 0.4) is 0 Å². The molecule has 0 aromatic carbocycles. The summed E-state index contributed by atoms with van der Waals surface area (Å²) in [5, 5.41) is 51.9. The molecule has 4 saturated heterocycles. The largest absolute Gasteiger partial charge is 0.463 e. The van der Waals surface area contributed by atoms with Crippen molar-refractivity contribution in [1.82, 2.24) is 0 Å². The van der Waals surface area contributed by atoms with Gasteiger partial charge in [0.2, 0.25) is 0 Å². The normalized spacial score (nSPS) is 62.7. The van der Waals surface area contributed by atoms with Gasteiger partial charge in [-0.05, 0) is 18.8 Å². The molecule has 13 atom stereocenters. The smallest absolute Gasteiger partial charge is 0.339 e. The van der Waals surface area contributed by atoms with Gasteiger partial charge < -0.3 is 49.2 Å². The van der Waals surface area contributed by atoms with Gasteiger partial charge in [0.25, 0.3) is 0 Å². The summed E-state index contributed by atoms with van der Waals surface area (Å²) in [5.74, 6) is -0.566. The molecule has 5 N–H and O–H groups in total. The summed E-state index contributed by atoms with van der Waals surface area (Å²) in [6, 6.07) is 0. The van der Waals surface area contributed by atoms with Crippen molar-refractivity contribution in [2.24, 2.45) is 16.7 Å². The topological polar surface area (TPSA) is 164 Å². The Kier molecular flexibility index (Phi) is 4.33. The Hall–Kier alpha value is -0.890. The van der Waals surface area contributed by atoms with Gasteiger partial charge in [0.1, 0.15) is 42.7 Å². The van der Waals surface area contributed by atoms with Gasteiger partial charge in [-0.25, -0.2) is 4.79 Å². The van der Waals surface area contributed by atoms with Crippen molar-refractivity contribution in [2.45, 2.75) is 86.9 Å². The quantitative estimate of drug-likeness (QED) is 0.282. The molecule has 4 bridgehead atoms. The molecule has 11 nitrogen and oxygen atoms in total. The first-order valence-electron chi connectivity index (χ1n) is 11.2. The zero-order valence-electron chi connectivity index (χ0n) is 17.9. The number of hydrogen-bond donors (Lipinski definition) is 5. The molecule has 1 spiro atoms. The Morgan fingerprint density at radius 2 is 1.88 bits per heavy atom. The number of hydrogen-bond acceptors (Lipinski definition) is 11. The van der Waals surface area contributed by atoms with E-state index in [4.69, 9.17) is 23.7 Å². The van der Waals surface area contributed by atoms with Crippen LogP contribution in [-0.2, 0) is 28.5 Å². The molecule has 32 heavy (non-hydrogen) atoms. The molecule has 0 aromatic rings. The average molecular weight is 458 g/mol. The highest BCUT2D eigenvalue weighted by atomic mass is 16.7. The number of esters is 1. The van der Waals surface area contributed by atoms with E-state index >= 15 is 0 Å². The van der Waals surface area contributed by atoms with Crippen molar-refractivity contribution in [2.75, 3.05) is 19.8 Å². The highest BCUT2D eigenvalue weighted by molar-refractivity contribution is 5.85. The fraction of sp³-hybridized carbons (Fsp3) is 0.952. The molecule has 0 aromatic heterocycles. The van der Waals surface area contributed by atoms with Gasteiger partial charge in [0, 0.05) is 5.41 Å². The number of ether oxygens (including phenoxy) is 5. The Morgan fingerprint density at radius 3 is 2.59 bits per heavy atom. The lowest BCUT2D eigenvalue weighted by Crippen LogP contribution is -2.78. The monoisotopic (exact) mass is 458 g/mol. The van der Waals surface area contributed by atoms with Gasteiger partial charge in [-0.1, -0.05) is 13.8 Å². The van der Waals surface area contributed by atoms with Crippen molar-refractivity contribution in [1.29, 1.82) is 0 Å². The van der Waals surface area contributed by atoms with Crippen LogP contribution >= 0.6 is 0 Å². The minimum Gasteiger partial charge on any atom is -0.463 e. The molecule has 6 aliphatic rings. The summed E-state index contributed by atoms with van der Waals surface area (Å²) in [6.07, 6.45) is -8.21. The second kappa shape index (κ2) is 6.41. The lowest BCUT2D eigenvalue weighted by molar-refractivity contribution is -0.359. The van der Waals surface area contributed by atoms with Crippen LogP contribution in [0.1, 0.15) is 26.7 Å². The Bertz CT molecular complexity index is 837. The lowest BCUT2D eigenvalue weighted by atomic mass is 9.49. The first kappa shape index (κ1) is 21.6. The number of cyclic esters (lactones) is 1. The van der Waals surface area contributed by atoms with Crippen LogP contribution in [0.4, 0.5) is 0 Å². The Labute approximate surface area is 184 Å². The summed E-state index contributed by atoms with van der Waals surface area (Å²) >= 11 is 0. The van der Waals surface area contributed by atoms with Crippen LogP contribution in [-0.4, -0.2) is 112 Å². The lowest BCUT2D eigenvalue weighted by Gasteiger charge is -2.63. The summed E-state index contributed by atoms with van der Waals surface area (Å²) in [4.78, 5) is 12.9. The van der Waals surface area contributed by atoms with E-state index in [0.29, 0.717) is 6.42 Å². The standard InChI is InChI=1S/C21H30O11/c1-8-3-11-19-6-28-17(26)21(8,19)29-7-20(27)15(32-11)9(4-18(19,20)2)30-16-14(25)13(24)12(23)10(5-22)31-16/h8-16,22-25,27H,3-7H2,1-2H3/t8-,9+,10+,11+,12+,13-,14+,15+,16+,18+,19-,20-,21-/m0/s1. The first-order valence-corrected chi connectivity index (χ1v) is 11.2. The predicted molar refractivity (Wildman–Crippen MR) is 101 cm³/mol. The zero-order chi connectivity index (χ0) is 22.8. The van der Waals surface area contributed by atoms with Crippen molar-refractivity contribution < 1.29 is 54.0 Å². The molecule has 6 fully saturated rings. The number of rotatable bonds is 3. The van der Waals surface area contributed by atoms with Crippen molar-refractivity contribution in [3.63, 3.8) is 0 Å². The van der Waals surface area contributed by atoms with Gasteiger partial charge in [-0.3, -0.25) is 0 Å². The Balaban J connectivity index is 1.36. The van der Waals surface area contributed by atoms with Gasteiger partial charge >= 0.3 is 5.97 Å². The van der Waals surface area contributed by atoms with E-state index in [1.807, 2.05) is 13.8 Å². The summed E-state index contributed by atoms with van der Waals surface area (Å²) in [5.41, 5.74) is -4.39. The molecule has 0 amide bonds. The third-order valence-corrected chi connectivity index (χ3v) is 9.55. The van der Waals surface area contributed by atoms with Crippen LogP contribution in [0.5, 0.6) is 0 Å². The number of carbonyl (C=O) groups excluding carboxylic acids is 1. The fourth-order valence-corrected chi connectivity index (χ4v) is 7.85. The third kappa shape index (κ3) is 2.04. The second-order valence-corrected chi connectivity index (χ2v) is 10.6. The Morgan fingerprint density at radius 1 is 1.12 bits per heavy atom. The molecule has 0 radical (unpaired) electrons. The van der Waals surface area contributed by atoms with E-state index < -0.39 is 77.5 Å². The molecule has 180 valence electrons. The number of aliphatic hydroxyl groups is 5. The molecule has 11 heteroatoms. The molecule has 6 rings (SSSR count). The molecule has 0 unspecified atom stereocenters. The summed E-state index contributed by atoms with van der Waals surface area (Å²) in [6.45, 7) is 3.24. The molecule has 2 saturated carbocycles. The van der Waals surface area contributed by atoms with Gasteiger partial charge in [-0.15, -0.1) is 0 Å². The maximum Gasteiger partial charge on any atom is 0.339 e. The maximum absolute atomic E-state index is 12.9. The number of carbonyl (C=O) groups is 1. The molecule has 2 aliphatic carbocycles. The zero-order valence-corrected chi connectivity index (χ0v) is 17.9. The summed E-state index contributed by atoms with van der Waals surface area (Å²) in [7, 11) is 0. The van der Waals surface area contributed by atoms with E-state index in [0.717, 1.165) is 0 Å². The van der Waals surface area contributed by atoms with E-state index in [1.165, 1.54) is 0 Å². The van der Waals surface area contributed by atoms with Crippen LogP contribution in [0.25, 0.3) is 0 Å². The molecular formula is C21H30O11. The van der Waals surface area contributed by atoms with E-state index in [9.17, 15) is 30.3 Å². The predicted octanol–water partition coefficient (Wildman–Crippen LogP) is -2.57. The van der Waals surface area contributed by atoms with Crippen LogP contribution in [0.15, 0.2) is 0 Å². The molecule has 4 aliphatic heterocycles. The van der Waals surface area contributed by atoms with Gasteiger partial charge in [0.15, 0.2) is 11.9 Å². The second-order valence-electron chi connectivity index (χ2n) is 10.6. The maximum atomic E-state index is 12.9. The van der Waals surface area contributed by atoms with Crippen LogP contribution in [0, 0.1) is 16.7 Å². The highest BCUT2D eigenvalue weighted by Gasteiger charge is 2.90. The summed E-state index contributed by atoms with van der Waals surface area (Å²) < 4.78 is 29.7. The highest BCUT2D eigenvalue weighted by Crippen LogP contribution is 2.77. The van der Waals surface area contributed by atoms with Crippen LogP contribution in [0.2, 0.25) is 0 Å². The van der Waals surface area contributed by atoms with Crippen molar-refractivity contribution in [3.05, 3.63) is 0 Å². The van der Waals surface area contributed by atoms with Gasteiger partial charge in [-0.2, -0.15) is 0 Å². The SMILES string of the molecule is C[C@H]1C[C@H]2O[C@@H]3[C@H](O[C@@H]4O[C@H](CO)[C@@H](O)[C@H](O)[C@H]4O)C[C@]4(C)[C@]25COC(=O)[C@@]15OC[C@]34O. The molecule has 4 heterocycles. The van der Waals surface area contributed by atoms with Gasteiger partial charge in [0.05, 0.1) is 30.8 Å². The first-order chi connectivity index (χ1) is 15.1.